The van der Waals surface area contributed by atoms with Crippen molar-refractivity contribution in [1.82, 2.24) is 9.62 Å². The smallest absolute Gasteiger partial charge is 0.327 e. The van der Waals surface area contributed by atoms with Gasteiger partial charge in [-0.3, -0.25) is 4.31 Å². The zero-order chi connectivity index (χ0) is 10.1. The number of urea groups is 1. The standard InChI is InChI=1S/C8H18N2O2S/c1-2-3-4-6-10(13)8(12)9-5-7-11/h11,13H,2-7H2,1H3,(H,9,12). The zero-order valence-electron chi connectivity index (χ0n) is 7.99. The molecule has 0 saturated heterocycles. The molecule has 0 aliphatic heterocycles. The molecule has 0 aliphatic carbocycles. The number of amides is 2. The van der Waals surface area contributed by atoms with Crippen LogP contribution >= 0.6 is 12.8 Å². The van der Waals surface area contributed by atoms with Gasteiger partial charge in [-0.1, -0.05) is 32.6 Å². The minimum Gasteiger partial charge on any atom is -0.395 e. The number of aliphatic hydroxyl groups excluding tert-OH is 1. The van der Waals surface area contributed by atoms with Crippen molar-refractivity contribution < 1.29 is 9.90 Å². The lowest BCUT2D eigenvalue weighted by molar-refractivity contribution is 0.220. The van der Waals surface area contributed by atoms with Crippen LogP contribution in [0.3, 0.4) is 0 Å². The van der Waals surface area contributed by atoms with Crippen molar-refractivity contribution in [2.75, 3.05) is 19.7 Å². The van der Waals surface area contributed by atoms with Gasteiger partial charge in [0.2, 0.25) is 0 Å². The summed E-state index contributed by atoms with van der Waals surface area (Å²) in [6, 6.07) is -0.242. The number of nitrogens with zero attached hydrogens (tertiary/aromatic N) is 1. The van der Waals surface area contributed by atoms with Crippen LogP contribution in [0.1, 0.15) is 26.2 Å². The van der Waals surface area contributed by atoms with Crippen LogP contribution in [0.5, 0.6) is 0 Å². The monoisotopic (exact) mass is 206 g/mol. The molecule has 0 aromatic carbocycles. The van der Waals surface area contributed by atoms with Gasteiger partial charge in [0.1, 0.15) is 0 Å². The van der Waals surface area contributed by atoms with Gasteiger partial charge in [0, 0.05) is 13.1 Å². The second-order valence-electron chi connectivity index (χ2n) is 2.79. The Hall–Kier alpha value is -0.420. The quantitative estimate of drug-likeness (QED) is 0.449. The predicted molar refractivity (Wildman–Crippen MR) is 55.7 cm³/mol. The third kappa shape index (κ3) is 6.72. The fraction of sp³-hybridized carbons (Fsp3) is 0.875. The van der Waals surface area contributed by atoms with Gasteiger partial charge in [0.15, 0.2) is 0 Å². The molecule has 2 amide bonds. The Morgan fingerprint density at radius 1 is 1.54 bits per heavy atom. The van der Waals surface area contributed by atoms with E-state index < -0.39 is 0 Å². The van der Waals surface area contributed by atoms with E-state index in [1.165, 1.54) is 4.31 Å². The van der Waals surface area contributed by atoms with Crippen molar-refractivity contribution in [1.29, 1.82) is 0 Å². The molecule has 0 heterocycles. The van der Waals surface area contributed by atoms with E-state index in [9.17, 15) is 4.79 Å². The van der Waals surface area contributed by atoms with Gasteiger partial charge < -0.3 is 10.4 Å². The summed E-state index contributed by atoms with van der Waals surface area (Å²) in [7, 11) is 0. The van der Waals surface area contributed by atoms with E-state index in [0.717, 1.165) is 19.3 Å². The van der Waals surface area contributed by atoms with Gasteiger partial charge in [0.05, 0.1) is 6.61 Å². The maximum absolute atomic E-state index is 11.1. The van der Waals surface area contributed by atoms with Gasteiger partial charge in [-0.2, -0.15) is 0 Å². The highest BCUT2D eigenvalue weighted by Gasteiger charge is 2.06. The van der Waals surface area contributed by atoms with Crippen LogP contribution in [0.15, 0.2) is 0 Å². The van der Waals surface area contributed by atoms with E-state index in [4.69, 9.17) is 5.11 Å². The molecule has 0 atom stereocenters. The van der Waals surface area contributed by atoms with Gasteiger partial charge >= 0.3 is 6.03 Å². The summed E-state index contributed by atoms with van der Waals surface area (Å²) >= 11 is 4.01. The van der Waals surface area contributed by atoms with Crippen molar-refractivity contribution >= 4 is 18.8 Å². The van der Waals surface area contributed by atoms with Crippen LogP contribution in [-0.4, -0.2) is 35.1 Å². The molecule has 0 unspecified atom stereocenters. The molecule has 0 fully saturated rings. The summed E-state index contributed by atoms with van der Waals surface area (Å²) in [6.07, 6.45) is 3.19. The highest BCUT2D eigenvalue weighted by Crippen LogP contribution is 2.00. The highest BCUT2D eigenvalue weighted by atomic mass is 32.1. The van der Waals surface area contributed by atoms with Gasteiger partial charge in [-0.15, -0.1) is 0 Å². The van der Waals surface area contributed by atoms with E-state index in [1.807, 2.05) is 0 Å². The number of carbonyl (C=O) groups excluding carboxylic acids is 1. The zero-order valence-corrected chi connectivity index (χ0v) is 8.89. The molecule has 0 aliphatic rings. The Labute approximate surface area is 84.8 Å². The summed E-state index contributed by atoms with van der Waals surface area (Å²) in [5, 5.41) is 11.0. The van der Waals surface area contributed by atoms with E-state index in [2.05, 4.69) is 25.1 Å². The molecule has 2 N–H and O–H groups in total. The first-order chi connectivity index (χ1) is 6.22. The maximum atomic E-state index is 11.1. The van der Waals surface area contributed by atoms with Crippen LogP contribution in [0, 0.1) is 0 Å². The summed E-state index contributed by atoms with van der Waals surface area (Å²) in [5.41, 5.74) is 0. The van der Waals surface area contributed by atoms with Gasteiger partial charge in [-0.05, 0) is 6.42 Å². The van der Waals surface area contributed by atoms with Crippen molar-refractivity contribution in [2.24, 2.45) is 0 Å². The van der Waals surface area contributed by atoms with Crippen molar-refractivity contribution in [3.05, 3.63) is 0 Å². The fourth-order valence-corrected chi connectivity index (χ4v) is 1.08. The second-order valence-corrected chi connectivity index (χ2v) is 3.27. The Morgan fingerprint density at radius 3 is 2.77 bits per heavy atom. The first-order valence-corrected chi connectivity index (χ1v) is 4.97. The minimum absolute atomic E-state index is 0.0394. The molecule has 0 spiro atoms. The van der Waals surface area contributed by atoms with Crippen LogP contribution in [-0.2, 0) is 0 Å². The van der Waals surface area contributed by atoms with Crippen LogP contribution in [0.4, 0.5) is 4.79 Å². The molecule has 78 valence electrons. The van der Waals surface area contributed by atoms with E-state index >= 15 is 0 Å². The minimum atomic E-state index is -0.242. The topological polar surface area (TPSA) is 52.6 Å². The summed E-state index contributed by atoms with van der Waals surface area (Å²) in [5.74, 6) is 0. The molecule has 0 radical (unpaired) electrons. The third-order valence-electron chi connectivity index (χ3n) is 1.60. The third-order valence-corrected chi connectivity index (χ3v) is 1.98. The average molecular weight is 206 g/mol. The number of hydrogen-bond acceptors (Lipinski definition) is 3. The number of nitrogens with one attached hydrogen (secondary N) is 1. The van der Waals surface area contributed by atoms with Crippen molar-refractivity contribution in [2.45, 2.75) is 26.2 Å². The first kappa shape index (κ1) is 12.6. The Bertz CT molecular complexity index is 144. The number of hydrogen-bond donors (Lipinski definition) is 3. The van der Waals surface area contributed by atoms with Gasteiger partial charge in [-0.25, -0.2) is 4.79 Å². The fourth-order valence-electron chi connectivity index (χ4n) is 0.867. The molecule has 13 heavy (non-hydrogen) atoms. The molecule has 0 bridgehead atoms. The van der Waals surface area contributed by atoms with E-state index in [-0.39, 0.29) is 19.2 Å². The molecule has 0 rings (SSSR count). The van der Waals surface area contributed by atoms with Crippen molar-refractivity contribution in [3.63, 3.8) is 0 Å². The summed E-state index contributed by atoms with van der Waals surface area (Å²) in [4.78, 5) is 11.1. The Kier molecular flexibility index (Phi) is 7.93. The number of thiol groups is 1. The molecule has 0 aromatic heterocycles. The average Bonchev–Trinajstić information content (AvgIpc) is 2.14. The molecular formula is C8H18N2O2S. The van der Waals surface area contributed by atoms with E-state index in [0.29, 0.717) is 6.54 Å². The molecule has 0 saturated carbocycles. The number of unbranched alkanes of at least 4 members (excludes halogenated alkanes) is 2. The lowest BCUT2D eigenvalue weighted by Crippen LogP contribution is -2.36. The SMILES string of the molecule is CCCCCN(S)C(=O)NCCO. The second kappa shape index (κ2) is 8.19. The van der Waals surface area contributed by atoms with Crippen LogP contribution in [0.25, 0.3) is 0 Å². The Balaban J connectivity index is 3.45. The normalized spacial score (nSPS) is 9.77. The number of rotatable bonds is 6. The van der Waals surface area contributed by atoms with Crippen molar-refractivity contribution in [3.8, 4) is 0 Å². The van der Waals surface area contributed by atoms with Crippen LogP contribution in [0.2, 0.25) is 0 Å². The Morgan fingerprint density at radius 2 is 2.23 bits per heavy atom. The molecule has 4 nitrogen and oxygen atoms in total. The van der Waals surface area contributed by atoms with Crippen LogP contribution < -0.4 is 5.32 Å². The lowest BCUT2D eigenvalue weighted by atomic mass is 10.2. The largest absolute Gasteiger partial charge is 0.395 e. The highest BCUT2D eigenvalue weighted by molar-refractivity contribution is 7.78. The molecular weight excluding hydrogens is 188 g/mol. The van der Waals surface area contributed by atoms with E-state index in [1.54, 1.807) is 0 Å². The predicted octanol–water partition coefficient (Wildman–Crippen LogP) is 1.03. The number of aliphatic hydroxyl groups is 1. The first-order valence-electron chi connectivity index (χ1n) is 4.57. The number of carbonyl (C=O) groups is 1. The lowest BCUT2D eigenvalue weighted by Gasteiger charge is -2.15. The summed E-state index contributed by atoms with van der Waals surface area (Å²) < 4.78 is 1.34. The molecule has 0 aromatic rings. The molecule has 5 heteroatoms. The summed E-state index contributed by atoms with van der Waals surface area (Å²) in [6.45, 7) is 2.99. The van der Waals surface area contributed by atoms with Gasteiger partial charge in [0.25, 0.3) is 0 Å². The maximum Gasteiger partial charge on any atom is 0.327 e.